The van der Waals surface area contributed by atoms with Crippen LogP contribution in [0.5, 0.6) is 11.5 Å². The van der Waals surface area contributed by atoms with E-state index in [1.165, 1.54) is 31.3 Å². The number of amides is 1. The number of carbonyl (C=O) groups is 1. The van der Waals surface area contributed by atoms with Crippen molar-refractivity contribution in [3.05, 3.63) is 17.7 Å². The van der Waals surface area contributed by atoms with Crippen molar-refractivity contribution < 1.29 is 22.7 Å². The molecule has 1 rings (SSSR count). The summed E-state index contributed by atoms with van der Waals surface area (Å²) in [5.74, 6) is -0.0988. The van der Waals surface area contributed by atoms with Crippen LogP contribution in [0.25, 0.3) is 0 Å². The zero-order valence-electron chi connectivity index (χ0n) is 12.3. The average molecular weight is 336 g/mol. The maximum Gasteiger partial charge on any atom is 0.265 e. The van der Waals surface area contributed by atoms with Crippen molar-refractivity contribution in [2.45, 2.75) is 18.2 Å². The van der Waals surface area contributed by atoms with E-state index in [0.29, 0.717) is 6.54 Å². The molecule has 0 atom stereocenters. The van der Waals surface area contributed by atoms with Crippen molar-refractivity contribution in [1.29, 1.82) is 0 Å². The number of ether oxygens (including phenoxy) is 2. The molecule has 0 spiro atoms. The number of rotatable bonds is 6. The lowest BCUT2D eigenvalue weighted by atomic mass is 10.1. The van der Waals surface area contributed by atoms with E-state index in [2.05, 4.69) is 0 Å². The second kappa shape index (κ2) is 7.00. The van der Waals surface area contributed by atoms with Gasteiger partial charge in [0.25, 0.3) is 15.0 Å². The Hall–Kier alpha value is -1.47. The molecule has 0 unspecified atom stereocenters. The van der Waals surface area contributed by atoms with Gasteiger partial charge >= 0.3 is 0 Å². The van der Waals surface area contributed by atoms with Crippen LogP contribution < -0.4 is 9.47 Å². The highest BCUT2D eigenvalue weighted by molar-refractivity contribution is 8.13. The third kappa shape index (κ3) is 4.01. The van der Waals surface area contributed by atoms with Gasteiger partial charge in [0.2, 0.25) is 0 Å². The van der Waals surface area contributed by atoms with Crippen molar-refractivity contribution in [2.24, 2.45) is 0 Å². The van der Waals surface area contributed by atoms with Gasteiger partial charge in [-0.2, -0.15) is 0 Å². The van der Waals surface area contributed by atoms with Gasteiger partial charge in [-0.15, -0.1) is 0 Å². The molecule has 6 nitrogen and oxygen atoms in total. The van der Waals surface area contributed by atoms with Crippen LogP contribution in [0.4, 0.5) is 0 Å². The van der Waals surface area contributed by atoms with E-state index in [1.54, 1.807) is 7.05 Å². The lowest BCUT2D eigenvalue weighted by Gasteiger charge is -2.19. The van der Waals surface area contributed by atoms with Gasteiger partial charge in [0.1, 0.15) is 16.4 Å². The molecule has 0 heterocycles. The molecule has 8 heteroatoms. The summed E-state index contributed by atoms with van der Waals surface area (Å²) in [5.41, 5.74) is 0.119. The summed E-state index contributed by atoms with van der Waals surface area (Å²) in [4.78, 5) is 13.6. The fraction of sp³-hybridized carbons (Fsp3) is 0.462. The van der Waals surface area contributed by atoms with Gasteiger partial charge < -0.3 is 14.4 Å². The smallest absolute Gasteiger partial charge is 0.265 e. The summed E-state index contributed by atoms with van der Waals surface area (Å²) in [5, 5.41) is 0. The van der Waals surface area contributed by atoms with E-state index < -0.39 is 9.05 Å². The monoisotopic (exact) mass is 335 g/mol. The molecule has 1 aromatic rings. The van der Waals surface area contributed by atoms with Crippen molar-refractivity contribution in [2.75, 3.05) is 27.8 Å². The molecule has 0 radical (unpaired) electrons. The molecule has 0 fully saturated rings. The van der Waals surface area contributed by atoms with Crippen LogP contribution >= 0.6 is 10.7 Å². The summed E-state index contributed by atoms with van der Waals surface area (Å²) in [6.45, 7) is 2.47. The van der Waals surface area contributed by atoms with Gasteiger partial charge in [-0.05, 0) is 12.5 Å². The number of hydrogen-bond acceptors (Lipinski definition) is 5. The summed E-state index contributed by atoms with van der Waals surface area (Å²) in [6, 6.07) is 2.51. The SMILES string of the molecule is CCCN(C)C(=O)c1cc(S(=O)(=O)Cl)c(OC)cc1OC. The Kier molecular flexibility index (Phi) is 5.86. The molecule has 118 valence electrons. The molecule has 0 aromatic heterocycles. The quantitative estimate of drug-likeness (QED) is 0.744. The van der Waals surface area contributed by atoms with Crippen LogP contribution in [-0.2, 0) is 9.05 Å². The first-order valence-electron chi connectivity index (χ1n) is 6.22. The Morgan fingerprint density at radius 2 is 1.81 bits per heavy atom. The van der Waals surface area contributed by atoms with E-state index in [4.69, 9.17) is 20.2 Å². The number of methoxy groups -OCH3 is 2. The number of halogens is 1. The summed E-state index contributed by atoms with van der Waals surface area (Å²) in [7, 11) is 5.67. The molecule has 1 aromatic carbocycles. The minimum atomic E-state index is -4.04. The van der Waals surface area contributed by atoms with Crippen LogP contribution in [0, 0.1) is 0 Å². The molecule has 0 N–H and O–H groups in total. The van der Waals surface area contributed by atoms with Crippen molar-refractivity contribution in [3.63, 3.8) is 0 Å². The first kappa shape index (κ1) is 17.6. The number of benzene rings is 1. The lowest BCUT2D eigenvalue weighted by molar-refractivity contribution is 0.0791. The highest BCUT2D eigenvalue weighted by Crippen LogP contribution is 2.34. The Balaban J connectivity index is 3.47. The van der Waals surface area contributed by atoms with Gasteiger partial charge in [0, 0.05) is 30.3 Å². The predicted molar refractivity (Wildman–Crippen MR) is 79.8 cm³/mol. The molecule has 0 aliphatic heterocycles. The van der Waals surface area contributed by atoms with Crippen LogP contribution in [0.15, 0.2) is 17.0 Å². The molecular weight excluding hydrogens is 318 g/mol. The van der Waals surface area contributed by atoms with Gasteiger partial charge in [-0.1, -0.05) is 6.92 Å². The van der Waals surface area contributed by atoms with E-state index in [9.17, 15) is 13.2 Å². The minimum absolute atomic E-state index is 0.0246. The average Bonchev–Trinajstić information content (AvgIpc) is 2.44. The zero-order valence-corrected chi connectivity index (χ0v) is 13.9. The standard InChI is InChI=1S/C13H18ClNO5S/c1-5-6-15(2)13(16)9-7-12(21(14,17)18)11(20-4)8-10(9)19-3/h7-8H,5-6H2,1-4H3. The van der Waals surface area contributed by atoms with Crippen LogP contribution in [0.3, 0.4) is 0 Å². The summed E-state index contributed by atoms with van der Waals surface area (Å²) >= 11 is 0. The number of hydrogen-bond donors (Lipinski definition) is 0. The Labute approximate surface area is 129 Å². The maximum absolute atomic E-state index is 12.4. The van der Waals surface area contributed by atoms with Crippen LogP contribution in [-0.4, -0.2) is 47.0 Å². The Morgan fingerprint density at radius 1 is 1.24 bits per heavy atom. The maximum atomic E-state index is 12.4. The van der Waals surface area contributed by atoms with Crippen molar-refractivity contribution in [1.82, 2.24) is 4.90 Å². The van der Waals surface area contributed by atoms with Crippen molar-refractivity contribution in [3.8, 4) is 11.5 Å². The molecular formula is C13H18ClNO5S. The number of carbonyl (C=O) groups excluding carboxylic acids is 1. The summed E-state index contributed by atoms with van der Waals surface area (Å²) in [6.07, 6.45) is 0.779. The number of nitrogens with zero attached hydrogens (tertiary/aromatic N) is 1. The third-order valence-corrected chi connectivity index (χ3v) is 4.23. The molecule has 0 bridgehead atoms. The molecule has 21 heavy (non-hydrogen) atoms. The topological polar surface area (TPSA) is 72.9 Å². The normalized spacial score (nSPS) is 11.1. The molecule has 0 aliphatic carbocycles. The fourth-order valence-corrected chi connectivity index (χ4v) is 2.87. The minimum Gasteiger partial charge on any atom is -0.496 e. The lowest BCUT2D eigenvalue weighted by Crippen LogP contribution is -2.28. The Bertz CT molecular complexity index is 630. The molecule has 1 amide bonds. The highest BCUT2D eigenvalue weighted by Gasteiger charge is 2.24. The predicted octanol–water partition coefficient (Wildman–Crippen LogP) is 2.11. The van der Waals surface area contributed by atoms with Gasteiger partial charge in [-0.25, -0.2) is 8.42 Å². The van der Waals surface area contributed by atoms with Crippen LogP contribution in [0.1, 0.15) is 23.7 Å². The van der Waals surface area contributed by atoms with E-state index in [0.717, 1.165) is 6.42 Å². The molecule has 0 saturated heterocycles. The van der Waals surface area contributed by atoms with E-state index in [1.807, 2.05) is 6.92 Å². The molecule has 0 saturated carbocycles. The van der Waals surface area contributed by atoms with E-state index >= 15 is 0 Å². The fourth-order valence-electron chi connectivity index (χ4n) is 1.87. The van der Waals surface area contributed by atoms with Gasteiger partial charge in [0.05, 0.1) is 19.8 Å². The van der Waals surface area contributed by atoms with Gasteiger partial charge in [-0.3, -0.25) is 4.79 Å². The van der Waals surface area contributed by atoms with Crippen molar-refractivity contribution >= 4 is 25.6 Å². The Morgan fingerprint density at radius 3 is 2.24 bits per heavy atom. The second-order valence-corrected chi connectivity index (χ2v) is 6.90. The highest BCUT2D eigenvalue weighted by atomic mass is 35.7. The third-order valence-electron chi connectivity index (χ3n) is 2.88. The van der Waals surface area contributed by atoms with Crippen LogP contribution in [0.2, 0.25) is 0 Å². The zero-order chi connectivity index (χ0) is 16.2. The van der Waals surface area contributed by atoms with Gasteiger partial charge in [0.15, 0.2) is 0 Å². The van der Waals surface area contributed by atoms with E-state index in [-0.39, 0.29) is 27.9 Å². The largest absolute Gasteiger partial charge is 0.496 e. The first-order valence-corrected chi connectivity index (χ1v) is 8.53. The molecule has 0 aliphatic rings. The first-order chi connectivity index (χ1) is 9.76. The summed E-state index contributed by atoms with van der Waals surface area (Å²) < 4.78 is 33.3. The second-order valence-electron chi connectivity index (χ2n) is 4.37.